The minimum absolute atomic E-state index is 0.00608. The zero-order chi connectivity index (χ0) is 19.8. The summed E-state index contributed by atoms with van der Waals surface area (Å²) in [4.78, 5) is 41.5. The second kappa shape index (κ2) is 7.41. The first-order valence-corrected chi connectivity index (χ1v) is 10.2. The molecule has 0 aromatic heterocycles. The van der Waals surface area contributed by atoms with E-state index in [1.165, 1.54) is 0 Å². The molecule has 0 aromatic rings. The SMILES string of the molecule is CNCC1CCCN(C(=O)CN2C(=O)NC3(CC(C)CC(C)(C)C3)C2=O)C1. The number of amides is 4. The molecule has 1 spiro atoms. The number of hydrogen-bond acceptors (Lipinski definition) is 4. The van der Waals surface area contributed by atoms with Crippen LogP contribution < -0.4 is 10.6 Å². The number of imide groups is 1. The molecule has 3 aliphatic rings. The molecule has 2 saturated heterocycles. The zero-order valence-electron chi connectivity index (χ0n) is 17.1. The Labute approximate surface area is 162 Å². The molecule has 2 heterocycles. The summed E-state index contributed by atoms with van der Waals surface area (Å²) in [6.07, 6.45) is 4.39. The predicted molar refractivity (Wildman–Crippen MR) is 103 cm³/mol. The number of carbonyl (C=O) groups excluding carboxylic acids is 3. The summed E-state index contributed by atoms with van der Waals surface area (Å²) in [6, 6.07) is -0.415. The standard InChI is InChI=1S/C20H34N4O3/c1-14-8-19(2,3)13-20(9-14)17(26)24(18(27)22-20)12-16(25)23-7-5-6-15(11-23)10-21-4/h14-15,21H,5-13H2,1-4H3,(H,22,27). The van der Waals surface area contributed by atoms with Crippen molar-refractivity contribution < 1.29 is 14.4 Å². The number of likely N-dealkylation sites (tertiary alicyclic amines) is 1. The second-order valence-electron chi connectivity index (χ2n) is 9.66. The van der Waals surface area contributed by atoms with Crippen LogP contribution in [0.15, 0.2) is 0 Å². The first-order valence-electron chi connectivity index (χ1n) is 10.2. The van der Waals surface area contributed by atoms with Gasteiger partial charge in [0.05, 0.1) is 0 Å². The molecule has 2 aliphatic heterocycles. The molecule has 3 fully saturated rings. The van der Waals surface area contributed by atoms with E-state index < -0.39 is 11.6 Å². The Balaban J connectivity index is 1.68. The molecular formula is C20H34N4O3. The van der Waals surface area contributed by atoms with E-state index in [4.69, 9.17) is 0 Å². The Kier molecular flexibility index (Phi) is 5.52. The van der Waals surface area contributed by atoms with E-state index in [9.17, 15) is 14.4 Å². The van der Waals surface area contributed by atoms with E-state index in [1.54, 1.807) is 0 Å². The van der Waals surface area contributed by atoms with E-state index in [2.05, 4.69) is 31.4 Å². The maximum Gasteiger partial charge on any atom is 0.325 e. The maximum absolute atomic E-state index is 13.2. The van der Waals surface area contributed by atoms with Gasteiger partial charge < -0.3 is 15.5 Å². The van der Waals surface area contributed by atoms with Crippen molar-refractivity contribution in [3.8, 4) is 0 Å². The summed E-state index contributed by atoms with van der Waals surface area (Å²) in [6.45, 7) is 8.55. The van der Waals surface area contributed by atoms with Gasteiger partial charge in [0.2, 0.25) is 5.91 Å². The third-order valence-corrected chi connectivity index (χ3v) is 6.28. The Bertz CT molecular complexity index is 618. The third-order valence-electron chi connectivity index (χ3n) is 6.28. The first kappa shape index (κ1) is 20.1. The lowest BCUT2D eigenvalue weighted by Gasteiger charge is -2.43. The molecule has 7 nitrogen and oxygen atoms in total. The van der Waals surface area contributed by atoms with Crippen molar-refractivity contribution in [3.63, 3.8) is 0 Å². The highest BCUT2D eigenvalue weighted by molar-refractivity contribution is 6.09. The molecule has 152 valence electrons. The lowest BCUT2D eigenvalue weighted by Crippen LogP contribution is -2.54. The molecule has 0 radical (unpaired) electrons. The second-order valence-corrected chi connectivity index (χ2v) is 9.66. The van der Waals surface area contributed by atoms with Crippen molar-refractivity contribution >= 4 is 17.8 Å². The smallest absolute Gasteiger partial charge is 0.325 e. The van der Waals surface area contributed by atoms with E-state index in [-0.39, 0.29) is 23.8 Å². The minimum Gasteiger partial charge on any atom is -0.341 e. The van der Waals surface area contributed by atoms with Crippen molar-refractivity contribution in [2.24, 2.45) is 17.3 Å². The van der Waals surface area contributed by atoms with Crippen LogP contribution in [0.2, 0.25) is 0 Å². The lowest BCUT2D eigenvalue weighted by molar-refractivity contribution is -0.141. The number of carbonyl (C=O) groups is 3. The number of rotatable bonds is 4. The summed E-state index contributed by atoms with van der Waals surface area (Å²) in [5.74, 6) is 0.448. The van der Waals surface area contributed by atoms with Gasteiger partial charge in [-0.25, -0.2) is 4.79 Å². The van der Waals surface area contributed by atoms with Crippen LogP contribution in [0, 0.1) is 17.3 Å². The van der Waals surface area contributed by atoms with Gasteiger partial charge in [-0.2, -0.15) is 0 Å². The summed E-state index contributed by atoms with van der Waals surface area (Å²) in [7, 11) is 1.92. The molecule has 7 heteroatoms. The van der Waals surface area contributed by atoms with Crippen LogP contribution in [0.1, 0.15) is 52.9 Å². The zero-order valence-corrected chi connectivity index (χ0v) is 17.1. The molecule has 1 saturated carbocycles. The van der Waals surface area contributed by atoms with Gasteiger partial charge in [-0.05, 0) is 62.9 Å². The summed E-state index contributed by atoms with van der Waals surface area (Å²) < 4.78 is 0. The van der Waals surface area contributed by atoms with Crippen LogP contribution >= 0.6 is 0 Å². The topological polar surface area (TPSA) is 81.8 Å². The van der Waals surface area contributed by atoms with E-state index in [0.717, 1.165) is 30.7 Å². The quantitative estimate of drug-likeness (QED) is 0.728. The largest absolute Gasteiger partial charge is 0.341 e. The van der Waals surface area contributed by atoms with Crippen molar-refractivity contribution in [2.45, 2.75) is 58.4 Å². The van der Waals surface area contributed by atoms with Gasteiger partial charge in [0.25, 0.3) is 5.91 Å². The number of urea groups is 1. The Morgan fingerprint density at radius 2 is 2.04 bits per heavy atom. The molecule has 0 bridgehead atoms. The van der Waals surface area contributed by atoms with E-state index in [0.29, 0.717) is 37.8 Å². The maximum atomic E-state index is 13.2. The van der Waals surface area contributed by atoms with Gasteiger partial charge in [-0.15, -0.1) is 0 Å². The number of piperidine rings is 1. The Morgan fingerprint density at radius 3 is 2.70 bits per heavy atom. The lowest BCUT2D eigenvalue weighted by atomic mass is 9.64. The normalized spacial score (nSPS) is 33.5. The van der Waals surface area contributed by atoms with Gasteiger partial charge in [0, 0.05) is 13.1 Å². The highest BCUT2D eigenvalue weighted by Gasteiger charge is 2.56. The predicted octanol–water partition coefficient (Wildman–Crippen LogP) is 1.58. The molecule has 4 amide bonds. The molecule has 2 N–H and O–H groups in total. The first-order chi connectivity index (χ1) is 12.7. The van der Waals surface area contributed by atoms with Crippen molar-refractivity contribution in [2.75, 3.05) is 33.2 Å². The summed E-state index contributed by atoms with van der Waals surface area (Å²) >= 11 is 0. The van der Waals surface area contributed by atoms with Gasteiger partial charge in [-0.3, -0.25) is 14.5 Å². The molecule has 3 unspecified atom stereocenters. The number of hydrogen-bond donors (Lipinski definition) is 2. The summed E-state index contributed by atoms with van der Waals surface area (Å²) in [5.41, 5.74) is -0.844. The van der Waals surface area contributed by atoms with Crippen LogP contribution in [-0.4, -0.2) is 66.4 Å². The van der Waals surface area contributed by atoms with Crippen molar-refractivity contribution in [3.05, 3.63) is 0 Å². The van der Waals surface area contributed by atoms with Gasteiger partial charge in [0.15, 0.2) is 0 Å². The van der Waals surface area contributed by atoms with Crippen LogP contribution in [0.3, 0.4) is 0 Å². The fourth-order valence-corrected chi connectivity index (χ4v) is 5.63. The fourth-order valence-electron chi connectivity index (χ4n) is 5.63. The average Bonchev–Trinajstić information content (AvgIpc) is 2.77. The Morgan fingerprint density at radius 1 is 1.30 bits per heavy atom. The fraction of sp³-hybridized carbons (Fsp3) is 0.850. The monoisotopic (exact) mass is 378 g/mol. The van der Waals surface area contributed by atoms with Gasteiger partial charge in [-0.1, -0.05) is 20.8 Å². The Hall–Kier alpha value is -1.63. The van der Waals surface area contributed by atoms with Gasteiger partial charge in [0.1, 0.15) is 12.1 Å². The van der Waals surface area contributed by atoms with Crippen LogP contribution in [0.5, 0.6) is 0 Å². The van der Waals surface area contributed by atoms with E-state index >= 15 is 0 Å². The molecule has 3 atom stereocenters. The van der Waals surface area contributed by atoms with Gasteiger partial charge >= 0.3 is 6.03 Å². The highest BCUT2D eigenvalue weighted by Crippen LogP contribution is 2.46. The molecule has 0 aromatic carbocycles. The van der Waals surface area contributed by atoms with Crippen LogP contribution in [-0.2, 0) is 9.59 Å². The molecule has 27 heavy (non-hydrogen) atoms. The summed E-state index contributed by atoms with van der Waals surface area (Å²) in [5, 5.41) is 6.12. The number of nitrogens with one attached hydrogen (secondary N) is 2. The minimum atomic E-state index is -0.838. The highest BCUT2D eigenvalue weighted by atomic mass is 16.2. The third kappa shape index (κ3) is 4.13. The molecular weight excluding hydrogens is 344 g/mol. The van der Waals surface area contributed by atoms with Crippen LogP contribution in [0.4, 0.5) is 4.79 Å². The number of nitrogens with zero attached hydrogens (tertiary/aromatic N) is 2. The molecule has 3 rings (SSSR count). The van der Waals surface area contributed by atoms with Crippen molar-refractivity contribution in [1.29, 1.82) is 0 Å². The average molecular weight is 379 g/mol. The molecule has 1 aliphatic carbocycles. The van der Waals surface area contributed by atoms with Crippen LogP contribution in [0.25, 0.3) is 0 Å². The van der Waals surface area contributed by atoms with E-state index in [1.807, 2.05) is 11.9 Å². The van der Waals surface area contributed by atoms with Crippen molar-refractivity contribution in [1.82, 2.24) is 20.4 Å².